The molecule has 0 saturated heterocycles. The van der Waals surface area contributed by atoms with Crippen molar-refractivity contribution in [2.24, 2.45) is 17.6 Å². The van der Waals surface area contributed by atoms with Crippen LogP contribution < -0.4 is 5.73 Å². The molecule has 4 heteroatoms. The summed E-state index contributed by atoms with van der Waals surface area (Å²) in [4.78, 5) is 25.3. The molecule has 0 aromatic rings. The summed E-state index contributed by atoms with van der Waals surface area (Å²) in [5, 5.41) is 0. The second-order valence-electron chi connectivity index (χ2n) is 4.93. The molecule has 4 nitrogen and oxygen atoms in total. The van der Waals surface area contributed by atoms with Crippen molar-refractivity contribution in [3.05, 3.63) is 0 Å². The van der Waals surface area contributed by atoms with Gasteiger partial charge in [0.1, 0.15) is 0 Å². The van der Waals surface area contributed by atoms with Crippen LogP contribution in [0.15, 0.2) is 0 Å². The lowest BCUT2D eigenvalue weighted by atomic mass is 10.0. The number of nitrogens with zero attached hydrogens (tertiary/aromatic N) is 1. The summed E-state index contributed by atoms with van der Waals surface area (Å²) in [6.07, 6.45) is 4.21. The van der Waals surface area contributed by atoms with Gasteiger partial charge in [-0.05, 0) is 32.1 Å². The SMILES string of the molecule is CCCN(CCC)C(=O)C1CCC(C(N)=O)C1. The van der Waals surface area contributed by atoms with E-state index in [-0.39, 0.29) is 23.7 Å². The fraction of sp³-hybridized carbons (Fsp3) is 0.846. The molecule has 0 aromatic heterocycles. The largest absolute Gasteiger partial charge is 0.369 e. The van der Waals surface area contributed by atoms with Crippen molar-refractivity contribution in [3.8, 4) is 0 Å². The maximum Gasteiger partial charge on any atom is 0.225 e. The Kier molecular flexibility index (Phi) is 5.45. The Balaban J connectivity index is 2.54. The summed E-state index contributed by atoms with van der Waals surface area (Å²) in [5.41, 5.74) is 5.29. The third-order valence-electron chi connectivity index (χ3n) is 3.48. The third kappa shape index (κ3) is 3.72. The van der Waals surface area contributed by atoms with Crippen LogP contribution in [0.2, 0.25) is 0 Å². The Hall–Kier alpha value is -1.06. The topological polar surface area (TPSA) is 63.4 Å². The number of nitrogens with two attached hydrogens (primary N) is 1. The molecule has 2 N–H and O–H groups in total. The fourth-order valence-corrected chi connectivity index (χ4v) is 2.59. The van der Waals surface area contributed by atoms with Gasteiger partial charge in [-0.15, -0.1) is 0 Å². The molecule has 2 amide bonds. The van der Waals surface area contributed by atoms with Crippen molar-refractivity contribution >= 4 is 11.8 Å². The first-order chi connectivity index (χ1) is 8.10. The van der Waals surface area contributed by atoms with E-state index in [2.05, 4.69) is 13.8 Å². The van der Waals surface area contributed by atoms with Gasteiger partial charge >= 0.3 is 0 Å². The highest BCUT2D eigenvalue weighted by Gasteiger charge is 2.34. The van der Waals surface area contributed by atoms with Gasteiger partial charge < -0.3 is 10.6 Å². The summed E-state index contributed by atoms with van der Waals surface area (Å²) in [6.45, 7) is 5.81. The number of carbonyl (C=O) groups is 2. The molecule has 17 heavy (non-hydrogen) atoms. The first-order valence-corrected chi connectivity index (χ1v) is 6.68. The minimum absolute atomic E-state index is 0.0191. The first kappa shape index (κ1) is 14.0. The van der Waals surface area contributed by atoms with Gasteiger partial charge in [-0.2, -0.15) is 0 Å². The van der Waals surface area contributed by atoms with Crippen LogP contribution in [0.5, 0.6) is 0 Å². The third-order valence-corrected chi connectivity index (χ3v) is 3.48. The Morgan fingerprint density at radius 2 is 1.65 bits per heavy atom. The molecule has 0 aromatic carbocycles. The van der Waals surface area contributed by atoms with Gasteiger partial charge in [-0.3, -0.25) is 9.59 Å². The van der Waals surface area contributed by atoms with E-state index in [1.54, 1.807) is 0 Å². The average molecular weight is 240 g/mol. The predicted molar refractivity (Wildman–Crippen MR) is 67.2 cm³/mol. The van der Waals surface area contributed by atoms with Crippen LogP contribution in [0.25, 0.3) is 0 Å². The van der Waals surface area contributed by atoms with E-state index in [9.17, 15) is 9.59 Å². The van der Waals surface area contributed by atoms with E-state index in [0.29, 0.717) is 6.42 Å². The second-order valence-corrected chi connectivity index (χ2v) is 4.93. The maximum atomic E-state index is 12.3. The molecular formula is C13H24N2O2. The van der Waals surface area contributed by atoms with Crippen molar-refractivity contribution in [1.82, 2.24) is 4.90 Å². The van der Waals surface area contributed by atoms with Crippen LogP contribution in [-0.4, -0.2) is 29.8 Å². The van der Waals surface area contributed by atoms with Gasteiger partial charge in [0, 0.05) is 24.9 Å². The quantitative estimate of drug-likeness (QED) is 0.765. The van der Waals surface area contributed by atoms with Gasteiger partial charge in [-0.1, -0.05) is 13.8 Å². The van der Waals surface area contributed by atoms with Crippen LogP contribution in [-0.2, 0) is 9.59 Å². The number of amides is 2. The highest BCUT2D eigenvalue weighted by atomic mass is 16.2. The zero-order valence-electron chi connectivity index (χ0n) is 10.9. The van der Waals surface area contributed by atoms with E-state index in [0.717, 1.165) is 38.8 Å². The van der Waals surface area contributed by atoms with Gasteiger partial charge in [0.25, 0.3) is 0 Å². The lowest BCUT2D eigenvalue weighted by Crippen LogP contribution is -2.36. The summed E-state index contributed by atoms with van der Waals surface area (Å²) < 4.78 is 0. The zero-order valence-corrected chi connectivity index (χ0v) is 10.9. The lowest BCUT2D eigenvalue weighted by Gasteiger charge is -2.24. The Bertz CT molecular complexity index is 273. The normalized spacial score (nSPS) is 23.6. The van der Waals surface area contributed by atoms with E-state index in [1.807, 2.05) is 4.90 Å². The summed E-state index contributed by atoms with van der Waals surface area (Å²) in [6, 6.07) is 0. The maximum absolute atomic E-state index is 12.3. The van der Waals surface area contributed by atoms with Gasteiger partial charge in [-0.25, -0.2) is 0 Å². The molecule has 0 radical (unpaired) electrons. The fourth-order valence-electron chi connectivity index (χ4n) is 2.59. The number of hydrogen-bond donors (Lipinski definition) is 1. The summed E-state index contributed by atoms with van der Waals surface area (Å²) >= 11 is 0. The van der Waals surface area contributed by atoms with Crippen molar-refractivity contribution < 1.29 is 9.59 Å². The smallest absolute Gasteiger partial charge is 0.225 e. The Labute approximate surface area is 104 Å². The molecule has 1 rings (SSSR count). The molecule has 0 heterocycles. The molecule has 2 atom stereocenters. The molecule has 1 saturated carbocycles. The lowest BCUT2D eigenvalue weighted by molar-refractivity contribution is -0.135. The van der Waals surface area contributed by atoms with Gasteiger partial charge in [0.2, 0.25) is 11.8 Å². The van der Waals surface area contributed by atoms with Crippen LogP contribution in [0.4, 0.5) is 0 Å². The van der Waals surface area contributed by atoms with Crippen molar-refractivity contribution in [2.45, 2.75) is 46.0 Å². The van der Waals surface area contributed by atoms with Gasteiger partial charge in [0.15, 0.2) is 0 Å². The minimum atomic E-state index is -0.252. The predicted octanol–water partition coefficient (Wildman–Crippen LogP) is 1.54. The number of carbonyl (C=O) groups excluding carboxylic acids is 2. The molecule has 98 valence electrons. The van der Waals surface area contributed by atoms with Gasteiger partial charge in [0.05, 0.1) is 0 Å². The zero-order chi connectivity index (χ0) is 12.8. The number of primary amides is 1. The van der Waals surface area contributed by atoms with E-state index < -0.39 is 0 Å². The van der Waals surface area contributed by atoms with Crippen LogP contribution in [0, 0.1) is 11.8 Å². The van der Waals surface area contributed by atoms with Crippen molar-refractivity contribution in [2.75, 3.05) is 13.1 Å². The first-order valence-electron chi connectivity index (χ1n) is 6.68. The molecule has 0 spiro atoms. The Morgan fingerprint density at radius 1 is 1.12 bits per heavy atom. The van der Waals surface area contributed by atoms with Crippen LogP contribution in [0.3, 0.4) is 0 Å². The van der Waals surface area contributed by atoms with E-state index >= 15 is 0 Å². The van der Waals surface area contributed by atoms with Crippen LogP contribution in [0.1, 0.15) is 46.0 Å². The molecule has 1 aliphatic carbocycles. The van der Waals surface area contributed by atoms with Crippen molar-refractivity contribution in [1.29, 1.82) is 0 Å². The molecular weight excluding hydrogens is 216 g/mol. The highest BCUT2D eigenvalue weighted by molar-refractivity contribution is 5.82. The minimum Gasteiger partial charge on any atom is -0.369 e. The molecule has 1 aliphatic rings. The number of hydrogen-bond acceptors (Lipinski definition) is 2. The van der Waals surface area contributed by atoms with Crippen LogP contribution >= 0.6 is 0 Å². The average Bonchev–Trinajstić information content (AvgIpc) is 2.77. The van der Waals surface area contributed by atoms with E-state index in [4.69, 9.17) is 5.73 Å². The summed E-state index contributed by atoms with van der Waals surface area (Å²) in [7, 11) is 0. The molecule has 1 fully saturated rings. The highest BCUT2D eigenvalue weighted by Crippen LogP contribution is 2.32. The van der Waals surface area contributed by atoms with E-state index in [1.165, 1.54) is 0 Å². The molecule has 2 unspecified atom stereocenters. The monoisotopic (exact) mass is 240 g/mol. The Morgan fingerprint density at radius 3 is 2.06 bits per heavy atom. The summed E-state index contributed by atoms with van der Waals surface area (Å²) in [5.74, 6) is -0.102. The molecule has 0 bridgehead atoms. The standard InChI is InChI=1S/C13H24N2O2/c1-3-7-15(8-4-2)13(17)11-6-5-10(9-11)12(14)16/h10-11H,3-9H2,1-2H3,(H2,14,16). The molecule has 0 aliphatic heterocycles. The second kappa shape index (κ2) is 6.62. The number of rotatable bonds is 6. The van der Waals surface area contributed by atoms with Crippen molar-refractivity contribution in [3.63, 3.8) is 0 Å².